The first-order valence-electron chi connectivity index (χ1n) is 7.84. The third-order valence-corrected chi connectivity index (χ3v) is 6.27. The van der Waals surface area contributed by atoms with Crippen LogP contribution in [0.4, 0.5) is 0 Å². The molecular formula is C19H20O4S. The lowest BCUT2D eigenvalue weighted by Crippen LogP contribution is -2.37. The molecule has 0 heterocycles. The summed E-state index contributed by atoms with van der Waals surface area (Å²) in [5.41, 5.74) is 0.339. The normalized spacial score (nSPS) is 13.9. The highest BCUT2D eigenvalue weighted by molar-refractivity contribution is 7.92. The molecule has 2 rings (SSSR count). The van der Waals surface area contributed by atoms with Gasteiger partial charge in [0.1, 0.15) is 11.5 Å². The molecule has 0 saturated heterocycles. The van der Waals surface area contributed by atoms with Crippen molar-refractivity contribution in [2.24, 2.45) is 5.92 Å². The lowest BCUT2D eigenvalue weighted by atomic mass is 9.93. The molecule has 0 fully saturated rings. The summed E-state index contributed by atoms with van der Waals surface area (Å²) in [6, 6.07) is 16.3. The van der Waals surface area contributed by atoms with Gasteiger partial charge in [0.05, 0.1) is 4.90 Å². The zero-order valence-electron chi connectivity index (χ0n) is 13.5. The van der Waals surface area contributed by atoms with Crippen molar-refractivity contribution in [3.05, 3.63) is 66.2 Å². The van der Waals surface area contributed by atoms with Crippen LogP contribution in [0.3, 0.4) is 0 Å². The highest BCUT2D eigenvalue weighted by Crippen LogP contribution is 2.28. The van der Waals surface area contributed by atoms with Gasteiger partial charge in [0.25, 0.3) is 0 Å². The summed E-state index contributed by atoms with van der Waals surface area (Å²) >= 11 is 0. The minimum atomic E-state index is -3.89. The van der Waals surface area contributed by atoms with Crippen LogP contribution in [-0.4, -0.2) is 25.7 Å². The van der Waals surface area contributed by atoms with Crippen LogP contribution in [0.1, 0.15) is 30.1 Å². The van der Waals surface area contributed by atoms with Gasteiger partial charge in [-0.1, -0.05) is 61.9 Å². The molecule has 0 aliphatic rings. The van der Waals surface area contributed by atoms with E-state index in [1.165, 1.54) is 12.1 Å². The largest absolute Gasteiger partial charge is 0.303 e. The first-order valence-corrected chi connectivity index (χ1v) is 9.38. The van der Waals surface area contributed by atoms with Crippen LogP contribution in [0, 0.1) is 5.92 Å². The van der Waals surface area contributed by atoms with Crippen LogP contribution in [0.25, 0.3) is 0 Å². The number of benzene rings is 2. The van der Waals surface area contributed by atoms with Crippen molar-refractivity contribution in [3.8, 4) is 0 Å². The summed E-state index contributed by atoms with van der Waals surface area (Å²) in [6.45, 7) is 1.79. The summed E-state index contributed by atoms with van der Waals surface area (Å²) in [6.07, 6.45) is 1.14. The van der Waals surface area contributed by atoms with Gasteiger partial charge in [0, 0.05) is 12.0 Å². The molecule has 4 nitrogen and oxygen atoms in total. The molecule has 126 valence electrons. The van der Waals surface area contributed by atoms with E-state index in [1.54, 1.807) is 55.5 Å². The Morgan fingerprint density at radius 1 is 1.00 bits per heavy atom. The molecule has 0 bridgehead atoms. The molecule has 0 saturated carbocycles. The maximum atomic E-state index is 13.1. The predicted octanol–water partition coefficient (Wildman–Crippen LogP) is 3.33. The van der Waals surface area contributed by atoms with Crippen molar-refractivity contribution in [2.45, 2.75) is 29.9 Å². The fraction of sp³-hybridized carbons (Fsp3) is 0.263. The van der Waals surface area contributed by atoms with Gasteiger partial charge in [-0.3, -0.25) is 4.79 Å². The maximum absolute atomic E-state index is 13.1. The molecule has 2 aromatic carbocycles. The molecule has 2 aromatic rings. The Morgan fingerprint density at radius 2 is 1.54 bits per heavy atom. The van der Waals surface area contributed by atoms with Gasteiger partial charge in [0.2, 0.25) is 0 Å². The molecule has 0 unspecified atom stereocenters. The van der Waals surface area contributed by atoms with Gasteiger partial charge >= 0.3 is 0 Å². The van der Waals surface area contributed by atoms with Crippen LogP contribution in [0.15, 0.2) is 65.6 Å². The van der Waals surface area contributed by atoms with Gasteiger partial charge in [-0.25, -0.2) is 8.42 Å². The second kappa shape index (κ2) is 8.02. The molecule has 0 N–H and O–H groups in total. The molecule has 2 atom stereocenters. The molecule has 0 spiro atoms. The van der Waals surface area contributed by atoms with Crippen molar-refractivity contribution in [1.82, 2.24) is 0 Å². The smallest absolute Gasteiger partial charge is 0.188 e. The summed E-state index contributed by atoms with van der Waals surface area (Å²) in [5, 5.41) is -1.27. The van der Waals surface area contributed by atoms with Gasteiger partial charge in [-0.05, 0) is 18.1 Å². The fourth-order valence-electron chi connectivity index (χ4n) is 2.76. The third kappa shape index (κ3) is 3.79. The van der Waals surface area contributed by atoms with E-state index in [0.717, 1.165) is 0 Å². The Labute approximate surface area is 142 Å². The molecular weight excluding hydrogens is 324 g/mol. The highest BCUT2D eigenvalue weighted by Gasteiger charge is 2.39. The lowest BCUT2D eigenvalue weighted by molar-refractivity contribution is -0.108. The van der Waals surface area contributed by atoms with Crippen LogP contribution < -0.4 is 0 Å². The Balaban J connectivity index is 2.55. The van der Waals surface area contributed by atoms with E-state index in [-0.39, 0.29) is 11.3 Å². The Bertz CT molecular complexity index is 783. The summed E-state index contributed by atoms with van der Waals surface area (Å²) < 4.78 is 26.2. The average Bonchev–Trinajstić information content (AvgIpc) is 2.62. The first kappa shape index (κ1) is 18.1. The van der Waals surface area contributed by atoms with Crippen molar-refractivity contribution >= 4 is 21.9 Å². The highest BCUT2D eigenvalue weighted by atomic mass is 32.2. The third-order valence-electron chi connectivity index (χ3n) is 4.07. The molecule has 0 radical (unpaired) electrons. The monoisotopic (exact) mass is 344 g/mol. The Hall–Kier alpha value is -2.27. The Kier molecular flexibility index (Phi) is 6.04. The van der Waals surface area contributed by atoms with E-state index in [1.807, 2.05) is 0 Å². The Morgan fingerprint density at radius 3 is 2.04 bits per heavy atom. The number of carbonyl (C=O) groups excluding carboxylic acids is 2. The minimum absolute atomic E-state index is 0.0335. The summed E-state index contributed by atoms with van der Waals surface area (Å²) in [5.74, 6) is -1.02. The number of carbonyl (C=O) groups is 2. The van der Waals surface area contributed by atoms with Crippen LogP contribution in [-0.2, 0) is 14.6 Å². The molecule has 24 heavy (non-hydrogen) atoms. The number of ketones is 1. The molecule has 0 amide bonds. The van der Waals surface area contributed by atoms with Gasteiger partial charge in [-0.2, -0.15) is 0 Å². The molecule has 5 heteroatoms. The fourth-order valence-corrected chi connectivity index (χ4v) is 4.82. The minimum Gasteiger partial charge on any atom is -0.303 e. The predicted molar refractivity (Wildman–Crippen MR) is 92.7 cm³/mol. The van der Waals surface area contributed by atoms with E-state index in [9.17, 15) is 18.0 Å². The van der Waals surface area contributed by atoms with Crippen molar-refractivity contribution in [1.29, 1.82) is 0 Å². The topological polar surface area (TPSA) is 68.3 Å². The number of hydrogen-bond donors (Lipinski definition) is 0. The summed E-state index contributed by atoms with van der Waals surface area (Å²) in [4.78, 5) is 24.0. The lowest BCUT2D eigenvalue weighted by Gasteiger charge is -2.24. The number of aldehydes is 1. The molecule has 0 aliphatic heterocycles. The van der Waals surface area contributed by atoms with Crippen molar-refractivity contribution < 1.29 is 18.0 Å². The van der Waals surface area contributed by atoms with Crippen LogP contribution in [0.5, 0.6) is 0 Å². The zero-order chi connectivity index (χ0) is 17.6. The number of rotatable bonds is 8. The quantitative estimate of drug-likeness (QED) is 0.544. The van der Waals surface area contributed by atoms with Gasteiger partial charge < -0.3 is 4.79 Å². The second-order valence-electron chi connectivity index (χ2n) is 5.58. The van der Waals surface area contributed by atoms with E-state index < -0.39 is 26.8 Å². The number of hydrogen-bond acceptors (Lipinski definition) is 4. The van der Waals surface area contributed by atoms with Crippen LogP contribution >= 0.6 is 0 Å². The number of Topliss-reactive ketones (excluding diaryl/α,β-unsaturated/α-hetero) is 1. The van der Waals surface area contributed by atoms with E-state index in [4.69, 9.17) is 0 Å². The standard InChI is InChI=1S/C19H20O4S/c1-2-15(13-14-20)19(18(21)16-9-5-3-6-10-16)24(22,23)17-11-7-4-8-12-17/h3-12,14-15,19H,2,13H2,1H3/t15-,19+/m1/s1. The van der Waals surface area contributed by atoms with Gasteiger partial charge in [0.15, 0.2) is 15.6 Å². The van der Waals surface area contributed by atoms with Crippen molar-refractivity contribution in [2.75, 3.05) is 0 Å². The van der Waals surface area contributed by atoms with E-state index in [2.05, 4.69) is 0 Å². The first-order chi connectivity index (χ1) is 11.5. The molecule has 0 aromatic heterocycles. The van der Waals surface area contributed by atoms with E-state index >= 15 is 0 Å². The average molecular weight is 344 g/mol. The molecule has 0 aliphatic carbocycles. The zero-order valence-corrected chi connectivity index (χ0v) is 14.3. The van der Waals surface area contributed by atoms with E-state index in [0.29, 0.717) is 18.3 Å². The summed E-state index contributed by atoms with van der Waals surface area (Å²) in [7, 11) is -3.89. The van der Waals surface area contributed by atoms with Crippen molar-refractivity contribution in [3.63, 3.8) is 0 Å². The maximum Gasteiger partial charge on any atom is 0.188 e. The van der Waals surface area contributed by atoms with Crippen LogP contribution in [0.2, 0.25) is 0 Å². The number of sulfone groups is 1. The van der Waals surface area contributed by atoms with Gasteiger partial charge in [-0.15, -0.1) is 0 Å². The second-order valence-corrected chi connectivity index (χ2v) is 7.65. The SMILES string of the molecule is CC[C@H](CC=O)[C@@H](C(=O)c1ccccc1)S(=O)(=O)c1ccccc1.